The van der Waals surface area contributed by atoms with Gasteiger partial charge in [0.2, 0.25) is 0 Å². The number of ether oxygens (including phenoxy) is 1. The Bertz CT molecular complexity index is 660. The van der Waals surface area contributed by atoms with Crippen molar-refractivity contribution >= 4 is 23.0 Å². The summed E-state index contributed by atoms with van der Waals surface area (Å²) in [5, 5.41) is 2.68. The van der Waals surface area contributed by atoms with E-state index in [1.165, 1.54) is 31.4 Å². The zero-order valence-electron chi connectivity index (χ0n) is 10.6. The van der Waals surface area contributed by atoms with Gasteiger partial charge in [0.25, 0.3) is 0 Å². The summed E-state index contributed by atoms with van der Waals surface area (Å²) in [6, 6.07) is 8.21. The number of anilines is 3. The Kier molecular flexibility index (Phi) is 3.84. The van der Waals surface area contributed by atoms with Crippen molar-refractivity contribution in [2.75, 3.05) is 18.2 Å². The minimum Gasteiger partial charge on any atom is -0.465 e. The number of nitrogens with two attached hydrogens (primary N) is 1. The molecule has 0 fully saturated rings. The molecule has 0 saturated heterocycles. The molecule has 0 bridgehead atoms. The second-order valence-corrected chi connectivity index (χ2v) is 4.02. The molecule has 0 aliphatic rings. The number of benzene rings is 2. The molecule has 0 heterocycles. The molecule has 0 aliphatic carbocycles. The van der Waals surface area contributed by atoms with Gasteiger partial charge in [-0.2, -0.15) is 0 Å². The van der Waals surface area contributed by atoms with Crippen LogP contribution in [0.5, 0.6) is 0 Å². The first kappa shape index (κ1) is 13.8. The van der Waals surface area contributed by atoms with E-state index < -0.39 is 17.6 Å². The van der Waals surface area contributed by atoms with Gasteiger partial charge in [-0.25, -0.2) is 13.6 Å². The molecule has 6 heteroatoms. The summed E-state index contributed by atoms with van der Waals surface area (Å²) < 4.78 is 31.2. The molecule has 20 heavy (non-hydrogen) atoms. The van der Waals surface area contributed by atoms with Crippen LogP contribution in [0.25, 0.3) is 0 Å². The monoisotopic (exact) mass is 278 g/mol. The lowest BCUT2D eigenvalue weighted by atomic mass is 10.1. The Labute approximate surface area is 114 Å². The number of carbonyl (C=O) groups is 1. The van der Waals surface area contributed by atoms with E-state index in [-0.39, 0.29) is 16.9 Å². The Balaban J connectivity index is 2.35. The number of halogens is 2. The molecule has 0 aliphatic heterocycles. The standard InChI is InChI=1S/C14H12F2N2O2/c1-20-14(19)9-7-8(5-6-11(9)17)18-12-4-2-3-10(15)13(12)16/h2-7,18H,17H2,1H3. The minimum absolute atomic E-state index is 0.0365. The normalized spacial score (nSPS) is 10.2. The zero-order chi connectivity index (χ0) is 14.7. The third kappa shape index (κ3) is 2.69. The number of methoxy groups -OCH3 is 1. The quantitative estimate of drug-likeness (QED) is 0.669. The van der Waals surface area contributed by atoms with Gasteiger partial charge in [0.1, 0.15) is 0 Å². The van der Waals surface area contributed by atoms with Crippen LogP contribution in [0.2, 0.25) is 0 Å². The van der Waals surface area contributed by atoms with Crippen LogP contribution >= 0.6 is 0 Å². The Morgan fingerprint density at radius 1 is 1.25 bits per heavy atom. The highest BCUT2D eigenvalue weighted by Gasteiger charge is 2.12. The van der Waals surface area contributed by atoms with Crippen molar-refractivity contribution < 1.29 is 18.3 Å². The predicted octanol–water partition coefficient (Wildman–Crippen LogP) is 3.08. The van der Waals surface area contributed by atoms with Gasteiger partial charge in [-0.1, -0.05) is 6.07 Å². The van der Waals surface area contributed by atoms with E-state index in [1.807, 2.05) is 0 Å². The highest BCUT2D eigenvalue weighted by molar-refractivity contribution is 5.96. The highest BCUT2D eigenvalue weighted by Crippen LogP contribution is 2.24. The predicted molar refractivity (Wildman–Crippen MR) is 71.8 cm³/mol. The van der Waals surface area contributed by atoms with E-state index in [0.29, 0.717) is 5.69 Å². The van der Waals surface area contributed by atoms with Crippen molar-refractivity contribution in [2.45, 2.75) is 0 Å². The van der Waals surface area contributed by atoms with Crippen molar-refractivity contribution in [2.24, 2.45) is 0 Å². The summed E-state index contributed by atoms with van der Waals surface area (Å²) in [5.41, 5.74) is 6.39. The largest absolute Gasteiger partial charge is 0.465 e. The molecule has 2 aromatic rings. The number of rotatable bonds is 3. The summed E-state index contributed by atoms with van der Waals surface area (Å²) in [7, 11) is 1.23. The highest BCUT2D eigenvalue weighted by atomic mass is 19.2. The molecule has 2 rings (SSSR count). The van der Waals surface area contributed by atoms with Gasteiger partial charge in [0, 0.05) is 11.4 Å². The van der Waals surface area contributed by atoms with Crippen LogP contribution < -0.4 is 11.1 Å². The van der Waals surface area contributed by atoms with Crippen molar-refractivity contribution in [1.82, 2.24) is 0 Å². The van der Waals surface area contributed by atoms with Gasteiger partial charge >= 0.3 is 5.97 Å². The van der Waals surface area contributed by atoms with Crippen molar-refractivity contribution in [1.29, 1.82) is 0 Å². The number of hydrogen-bond donors (Lipinski definition) is 2. The van der Waals surface area contributed by atoms with E-state index in [9.17, 15) is 13.6 Å². The second-order valence-electron chi connectivity index (χ2n) is 4.02. The van der Waals surface area contributed by atoms with Crippen molar-refractivity contribution in [3.63, 3.8) is 0 Å². The minimum atomic E-state index is -0.996. The number of esters is 1. The van der Waals surface area contributed by atoms with E-state index in [4.69, 9.17) is 5.73 Å². The fraction of sp³-hybridized carbons (Fsp3) is 0.0714. The molecule has 0 spiro atoms. The average Bonchev–Trinajstić information content (AvgIpc) is 2.45. The molecule has 0 atom stereocenters. The SMILES string of the molecule is COC(=O)c1cc(Nc2cccc(F)c2F)ccc1N. The van der Waals surface area contributed by atoms with Crippen molar-refractivity contribution in [3.05, 3.63) is 53.6 Å². The second kappa shape index (κ2) is 5.56. The van der Waals surface area contributed by atoms with Crippen LogP contribution in [0.15, 0.2) is 36.4 Å². The lowest BCUT2D eigenvalue weighted by Gasteiger charge is -2.10. The zero-order valence-corrected chi connectivity index (χ0v) is 10.6. The molecule has 104 valence electrons. The number of hydrogen-bond acceptors (Lipinski definition) is 4. The first-order valence-electron chi connectivity index (χ1n) is 5.72. The first-order chi connectivity index (χ1) is 9.52. The summed E-state index contributed by atoms with van der Waals surface area (Å²) in [5.74, 6) is -2.56. The summed E-state index contributed by atoms with van der Waals surface area (Å²) in [6.45, 7) is 0. The van der Waals surface area contributed by atoms with Crippen LogP contribution in [-0.4, -0.2) is 13.1 Å². The van der Waals surface area contributed by atoms with Gasteiger partial charge in [-0.15, -0.1) is 0 Å². The van der Waals surface area contributed by atoms with Gasteiger partial charge in [-0.05, 0) is 30.3 Å². The maximum absolute atomic E-state index is 13.5. The molecule has 0 radical (unpaired) electrons. The molecule has 0 saturated carbocycles. The van der Waals surface area contributed by atoms with Crippen LogP contribution in [0.1, 0.15) is 10.4 Å². The summed E-state index contributed by atoms with van der Waals surface area (Å²) >= 11 is 0. The van der Waals surface area contributed by atoms with E-state index in [2.05, 4.69) is 10.1 Å². The van der Waals surface area contributed by atoms with Crippen LogP contribution in [0.4, 0.5) is 25.8 Å². The van der Waals surface area contributed by atoms with Gasteiger partial charge in [0.05, 0.1) is 18.4 Å². The Morgan fingerprint density at radius 2 is 2.00 bits per heavy atom. The molecule has 4 nitrogen and oxygen atoms in total. The third-order valence-electron chi connectivity index (χ3n) is 2.69. The first-order valence-corrected chi connectivity index (χ1v) is 5.72. The van der Waals surface area contributed by atoms with Crippen LogP contribution in [-0.2, 0) is 4.74 Å². The molecule has 2 aromatic carbocycles. The molecule has 3 N–H and O–H groups in total. The molecular formula is C14H12F2N2O2. The topological polar surface area (TPSA) is 64.3 Å². The molecule has 0 unspecified atom stereocenters. The molecular weight excluding hydrogens is 266 g/mol. The van der Waals surface area contributed by atoms with E-state index in [1.54, 1.807) is 6.07 Å². The Morgan fingerprint density at radius 3 is 2.70 bits per heavy atom. The molecule has 0 aromatic heterocycles. The van der Waals surface area contributed by atoms with Gasteiger partial charge < -0.3 is 15.8 Å². The van der Waals surface area contributed by atoms with Gasteiger partial charge in [0.15, 0.2) is 11.6 Å². The number of nitrogens with one attached hydrogen (secondary N) is 1. The maximum Gasteiger partial charge on any atom is 0.340 e. The van der Waals surface area contributed by atoms with E-state index in [0.717, 1.165) is 6.07 Å². The summed E-state index contributed by atoms with van der Waals surface area (Å²) in [6.07, 6.45) is 0. The lowest BCUT2D eigenvalue weighted by molar-refractivity contribution is 0.0602. The molecule has 0 amide bonds. The summed E-state index contributed by atoms with van der Waals surface area (Å²) in [4.78, 5) is 11.5. The average molecular weight is 278 g/mol. The Hall–Kier alpha value is -2.63. The van der Waals surface area contributed by atoms with E-state index >= 15 is 0 Å². The van der Waals surface area contributed by atoms with Crippen LogP contribution in [0.3, 0.4) is 0 Å². The third-order valence-corrected chi connectivity index (χ3v) is 2.69. The lowest BCUT2D eigenvalue weighted by Crippen LogP contribution is -2.06. The number of carbonyl (C=O) groups excluding carboxylic acids is 1. The van der Waals surface area contributed by atoms with Crippen LogP contribution in [0, 0.1) is 11.6 Å². The van der Waals surface area contributed by atoms with Gasteiger partial charge in [-0.3, -0.25) is 0 Å². The van der Waals surface area contributed by atoms with Crippen molar-refractivity contribution in [3.8, 4) is 0 Å². The fourth-order valence-corrected chi connectivity index (χ4v) is 1.68. The smallest absolute Gasteiger partial charge is 0.340 e. The maximum atomic E-state index is 13.5. The fourth-order valence-electron chi connectivity index (χ4n) is 1.68. The number of nitrogen functional groups attached to an aromatic ring is 1.